The molecule has 0 heterocycles. The summed E-state index contributed by atoms with van der Waals surface area (Å²) in [6.45, 7) is 3.10. The normalized spacial score (nSPS) is 12.4. The maximum Gasteiger partial charge on any atom is 0.0101 e. The third-order valence-electron chi connectivity index (χ3n) is 4.12. The minimum atomic E-state index is 0. The summed E-state index contributed by atoms with van der Waals surface area (Å²) in [6.07, 6.45) is 16.7. The molecule has 2 N–H and O–H groups in total. The number of halogens is 1. The van der Waals surface area contributed by atoms with Crippen LogP contribution in [0.3, 0.4) is 0 Å². The van der Waals surface area contributed by atoms with Crippen LogP contribution in [-0.2, 0) is 0 Å². The van der Waals surface area contributed by atoms with Crippen LogP contribution in [0.5, 0.6) is 0 Å². The summed E-state index contributed by atoms with van der Waals surface area (Å²) < 4.78 is 0. The van der Waals surface area contributed by atoms with E-state index in [4.69, 9.17) is 5.73 Å². The average Bonchev–Trinajstić information content (AvgIpc) is 2.39. The van der Waals surface area contributed by atoms with E-state index >= 15 is 0 Å². The lowest BCUT2D eigenvalue weighted by molar-refractivity contribution is 0.260. The zero-order chi connectivity index (χ0) is 14.3. The molecule has 0 saturated heterocycles. The van der Waals surface area contributed by atoms with Gasteiger partial charge in [-0.1, -0.05) is 71.1 Å². The summed E-state index contributed by atoms with van der Waals surface area (Å²) in [6, 6.07) is 0.694. The third kappa shape index (κ3) is 14.6. The Morgan fingerprint density at radius 3 is 1.60 bits per heavy atom. The molecule has 0 saturated carbocycles. The van der Waals surface area contributed by atoms with Crippen LogP contribution < -0.4 is 5.73 Å². The van der Waals surface area contributed by atoms with Crippen molar-refractivity contribution in [3.05, 3.63) is 0 Å². The molecule has 0 rings (SSSR count). The fourth-order valence-electron chi connectivity index (χ4n) is 2.72. The molecule has 2 nitrogen and oxygen atoms in total. The molecule has 20 heavy (non-hydrogen) atoms. The Hall–Kier alpha value is 0.210. The largest absolute Gasteiger partial charge is 0.330 e. The molecular formula is C17H39ClN2. The van der Waals surface area contributed by atoms with Crippen molar-refractivity contribution in [3.63, 3.8) is 0 Å². The van der Waals surface area contributed by atoms with Gasteiger partial charge < -0.3 is 10.6 Å². The number of unbranched alkanes of at least 4 members (excludes halogenated alkanes) is 9. The Morgan fingerprint density at radius 2 is 1.20 bits per heavy atom. The van der Waals surface area contributed by atoms with Crippen molar-refractivity contribution in [1.29, 1.82) is 0 Å². The maximum absolute atomic E-state index is 5.66. The van der Waals surface area contributed by atoms with Crippen LogP contribution in [0, 0.1) is 0 Å². The fraction of sp³-hybridized carbons (Fsp3) is 1.00. The quantitative estimate of drug-likeness (QED) is 0.458. The highest BCUT2D eigenvalue weighted by atomic mass is 35.5. The van der Waals surface area contributed by atoms with E-state index in [0.29, 0.717) is 6.04 Å². The second-order valence-corrected chi connectivity index (χ2v) is 6.17. The van der Waals surface area contributed by atoms with Gasteiger partial charge in [-0.15, -0.1) is 12.4 Å². The smallest absolute Gasteiger partial charge is 0.0101 e. The van der Waals surface area contributed by atoms with Crippen LogP contribution in [0.2, 0.25) is 0 Å². The van der Waals surface area contributed by atoms with Gasteiger partial charge in [0.05, 0.1) is 0 Å². The SMILES string of the molecule is CCCCCCCCCCCCC(CCN)N(C)C.Cl. The molecule has 3 heteroatoms. The Bertz CT molecular complexity index is 174. The van der Waals surface area contributed by atoms with Crippen molar-refractivity contribution in [3.8, 4) is 0 Å². The molecule has 0 fully saturated rings. The number of hydrogen-bond donors (Lipinski definition) is 1. The van der Waals surface area contributed by atoms with Gasteiger partial charge in [0, 0.05) is 6.04 Å². The number of nitrogens with two attached hydrogens (primary N) is 1. The van der Waals surface area contributed by atoms with Gasteiger partial charge in [-0.2, -0.15) is 0 Å². The van der Waals surface area contributed by atoms with E-state index in [2.05, 4.69) is 25.9 Å². The molecule has 124 valence electrons. The third-order valence-corrected chi connectivity index (χ3v) is 4.12. The van der Waals surface area contributed by atoms with E-state index in [1.807, 2.05) is 0 Å². The topological polar surface area (TPSA) is 29.3 Å². The molecule has 0 amide bonds. The van der Waals surface area contributed by atoms with E-state index in [-0.39, 0.29) is 12.4 Å². The highest BCUT2D eigenvalue weighted by Gasteiger charge is 2.09. The number of rotatable bonds is 14. The highest BCUT2D eigenvalue weighted by Crippen LogP contribution is 2.14. The average molecular weight is 307 g/mol. The predicted octanol–water partition coefficient (Wildman–Crippen LogP) is 5.00. The van der Waals surface area contributed by atoms with E-state index in [9.17, 15) is 0 Å². The Morgan fingerprint density at radius 1 is 0.750 bits per heavy atom. The zero-order valence-electron chi connectivity index (χ0n) is 14.2. The summed E-state index contributed by atoms with van der Waals surface area (Å²) in [7, 11) is 4.35. The Kier molecular flexibility index (Phi) is 19.4. The summed E-state index contributed by atoms with van der Waals surface area (Å²) in [5.41, 5.74) is 5.66. The van der Waals surface area contributed by atoms with Crippen molar-refractivity contribution < 1.29 is 0 Å². The Balaban J connectivity index is 0. The lowest BCUT2D eigenvalue weighted by Gasteiger charge is -2.23. The van der Waals surface area contributed by atoms with E-state index in [1.54, 1.807) is 0 Å². The van der Waals surface area contributed by atoms with Crippen LogP contribution in [0.25, 0.3) is 0 Å². The molecular weight excluding hydrogens is 268 g/mol. The van der Waals surface area contributed by atoms with Crippen molar-refractivity contribution in [2.45, 2.75) is 90.0 Å². The van der Waals surface area contributed by atoms with Crippen LogP contribution in [-0.4, -0.2) is 31.6 Å². The van der Waals surface area contributed by atoms with Gasteiger partial charge in [0.2, 0.25) is 0 Å². The molecule has 0 aliphatic rings. The molecule has 0 spiro atoms. The van der Waals surface area contributed by atoms with Crippen LogP contribution in [0.4, 0.5) is 0 Å². The molecule has 0 aromatic rings. The Labute approximate surface area is 134 Å². The van der Waals surface area contributed by atoms with E-state index < -0.39 is 0 Å². The second kappa shape index (κ2) is 17.3. The van der Waals surface area contributed by atoms with Gasteiger partial charge in [0.1, 0.15) is 0 Å². The van der Waals surface area contributed by atoms with Gasteiger partial charge in [0.15, 0.2) is 0 Å². The molecule has 1 unspecified atom stereocenters. The summed E-state index contributed by atoms with van der Waals surface area (Å²) >= 11 is 0. The number of nitrogens with zero attached hydrogens (tertiary/aromatic N) is 1. The molecule has 0 radical (unpaired) electrons. The molecule has 0 aromatic carbocycles. The molecule has 0 aliphatic carbocycles. The van der Waals surface area contributed by atoms with Crippen molar-refractivity contribution in [2.24, 2.45) is 5.73 Å². The van der Waals surface area contributed by atoms with E-state index in [0.717, 1.165) is 13.0 Å². The van der Waals surface area contributed by atoms with Crippen LogP contribution in [0.15, 0.2) is 0 Å². The van der Waals surface area contributed by atoms with Crippen molar-refractivity contribution in [2.75, 3.05) is 20.6 Å². The standard InChI is InChI=1S/C17H38N2.ClH/c1-4-5-6-7-8-9-10-11-12-13-14-17(15-16-18)19(2)3;/h17H,4-16,18H2,1-3H3;1H. The first-order valence-corrected chi connectivity index (χ1v) is 8.58. The van der Waals surface area contributed by atoms with Crippen molar-refractivity contribution in [1.82, 2.24) is 4.90 Å². The summed E-state index contributed by atoms with van der Waals surface area (Å²) in [5, 5.41) is 0. The molecule has 0 bridgehead atoms. The first-order chi connectivity index (χ1) is 9.22. The summed E-state index contributed by atoms with van der Waals surface area (Å²) in [5.74, 6) is 0. The molecule has 0 aromatic heterocycles. The van der Waals surface area contributed by atoms with Crippen molar-refractivity contribution >= 4 is 12.4 Å². The van der Waals surface area contributed by atoms with E-state index in [1.165, 1.54) is 70.6 Å². The van der Waals surface area contributed by atoms with Gasteiger partial charge in [0.25, 0.3) is 0 Å². The van der Waals surface area contributed by atoms with Gasteiger partial charge in [-0.25, -0.2) is 0 Å². The first-order valence-electron chi connectivity index (χ1n) is 8.58. The highest BCUT2D eigenvalue weighted by molar-refractivity contribution is 5.85. The zero-order valence-corrected chi connectivity index (χ0v) is 15.0. The van der Waals surface area contributed by atoms with Gasteiger partial charge >= 0.3 is 0 Å². The van der Waals surface area contributed by atoms with Crippen LogP contribution >= 0.6 is 12.4 Å². The van der Waals surface area contributed by atoms with Crippen LogP contribution in [0.1, 0.15) is 84.0 Å². The molecule has 1 atom stereocenters. The predicted molar refractivity (Wildman–Crippen MR) is 94.9 cm³/mol. The minimum Gasteiger partial charge on any atom is -0.330 e. The minimum absolute atomic E-state index is 0. The monoisotopic (exact) mass is 306 g/mol. The lowest BCUT2D eigenvalue weighted by atomic mass is 10.0. The van der Waals surface area contributed by atoms with Gasteiger partial charge in [-0.3, -0.25) is 0 Å². The molecule has 0 aliphatic heterocycles. The second-order valence-electron chi connectivity index (χ2n) is 6.17. The first kappa shape index (κ1) is 22.5. The summed E-state index contributed by atoms with van der Waals surface area (Å²) in [4.78, 5) is 2.33. The van der Waals surface area contributed by atoms with Gasteiger partial charge in [-0.05, 0) is 33.5 Å². The number of hydrogen-bond acceptors (Lipinski definition) is 2. The fourth-order valence-corrected chi connectivity index (χ4v) is 2.72. The lowest BCUT2D eigenvalue weighted by Crippen LogP contribution is -2.30. The maximum atomic E-state index is 5.66.